The van der Waals surface area contributed by atoms with Gasteiger partial charge in [-0.1, -0.05) is 0 Å². The maximum Gasteiger partial charge on any atom is 0.228 e. The summed E-state index contributed by atoms with van der Waals surface area (Å²) in [5, 5.41) is 2.91. The first-order valence-corrected chi connectivity index (χ1v) is 7.36. The van der Waals surface area contributed by atoms with Gasteiger partial charge in [-0.25, -0.2) is 0 Å². The van der Waals surface area contributed by atoms with Crippen molar-refractivity contribution in [3.8, 4) is 11.5 Å². The van der Waals surface area contributed by atoms with Gasteiger partial charge in [0.05, 0.1) is 6.42 Å². The van der Waals surface area contributed by atoms with Crippen LogP contribution in [0.4, 0.5) is 5.69 Å². The molecule has 0 bridgehead atoms. The van der Waals surface area contributed by atoms with Crippen LogP contribution >= 0.6 is 0 Å². The third kappa shape index (κ3) is 2.79. The van der Waals surface area contributed by atoms with E-state index < -0.39 is 0 Å². The number of rotatable bonds is 3. The predicted octanol–water partition coefficient (Wildman–Crippen LogP) is 2.59. The van der Waals surface area contributed by atoms with Gasteiger partial charge in [0.25, 0.3) is 0 Å². The fourth-order valence-electron chi connectivity index (χ4n) is 2.61. The zero-order valence-corrected chi connectivity index (χ0v) is 13.1. The van der Waals surface area contributed by atoms with Crippen molar-refractivity contribution in [2.45, 2.75) is 20.3 Å². The van der Waals surface area contributed by atoms with E-state index in [-0.39, 0.29) is 5.91 Å². The molecule has 116 valence electrons. The van der Waals surface area contributed by atoms with Crippen molar-refractivity contribution in [2.24, 2.45) is 7.05 Å². The van der Waals surface area contributed by atoms with E-state index in [4.69, 9.17) is 9.47 Å². The normalized spacial score (nSPS) is 13.0. The van der Waals surface area contributed by atoms with E-state index in [1.807, 2.05) is 33.0 Å². The summed E-state index contributed by atoms with van der Waals surface area (Å²) in [6.07, 6.45) is 0.363. The maximum absolute atomic E-state index is 12.2. The van der Waals surface area contributed by atoms with Gasteiger partial charge in [0.15, 0.2) is 11.5 Å². The molecule has 0 saturated heterocycles. The minimum Gasteiger partial charge on any atom is -0.486 e. The second kappa shape index (κ2) is 5.75. The minimum absolute atomic E-state index is 0.0367. The first-order valence-electron chi connectivity index (χ1n) is 7.36. The third-order valence-electron chi connectivity index (χ3n) is 4.06. The van der Waals surface area contributed by atoms with Gasteiger partial charge in [0, 0.05) is 30.2 Å². The molecule has 0 atom stereocenters. The lowest BCUT2D eigenvalue weighted by Gasteiger charge is -2.19. The molecule has 3 rings (SSSR count). The lowest BCUT2D eigenvalue weighted by molar-refractivity contribution is -0.115. The molecule has 1 aliphatic rings. The van der Waals surface area contributed by atoms with Gasteiger partial charge in [-0.05, 0) is 37.6 Å². The van der Waals surface area contributed by atoms with Crippen LogP contribution in [-0.4, -0.2) is 23.7 Å². The molecule has 1 amide bonds. The van der Waals surface area contributed by atoms with Gasteiger partial charge >= 0.3 is 0 Å². The molecule has 5 heteroatoms. The van der Waals surface area contributed by atoms with Crippen LogP contribution in [0.5, 0.6) is 11.5 Å². The van der Waals surface area contributed by atoms with Crippen LogP contribution in [0.2, 0.25) is 0 Å². The molecule has 0 spiro atoms. The number of hydrogen-bond donors (Lipinski definition) is 1. The number of benzene rings is 1. The maximum atomic E-state index is 12.2. The largest absolute Gasteiger partial charge is 0.486 e. The van der Waals surface area contributed by atoms with Gasteiger partial charge in [-0.2, -0.15) is 0 Å². The molecule has 1 N–H and O–H groups in total. The highest BCUT2D eigenvalue weighted by Crippen LogP contribution is 2.32. The van der Waals surface area contributed by atoms with E-state index in [0.29, 0.717) is 25.4 Å². The van der Waals surface area contributed by atoms with Crippen LogP contribution in [0, 0.1) is 13.8 Å². The molecule has 2 aromatic rings. The zero-order valence-electron chi connectivity index (χ0n) is 13.1. The monoisotopic (exact) mass is 300 g/mol. The quantitative estimate of drug-likeness (QED) is 0.948. The van der Waals surface area contributed by atoms with Gasteiger partial charge in [-0.3, -0.25) is 4.79 Å². The zero-order chi connectivity index (χ0) is 15.7. The Balaban J connectivity index is 1.70. The molecule has 0 unspecified atom stereocenters. The number of anilines is 1. The van der Waals surface area contributed by atoms with Crippen molar-refractivity contribution >= 4 is 11.6 Å². The third-order valence-corrected chi connectivity index (χ3v) is 4.06. The van der Waals surface area contributed by atoms with Crippen LogP contribution < -0.4 is 14.8 Å². The average Bonchev–Trinajstić information content (AvgIpc) is 2.74. The van der Waals surface area contributed by atoms with Crippen LogP contribution in [0.15, 0.2) is 24.3 Å². The number of aromatic nitrogens is 1. The second-order valence-electron chi connectivity index (χ2n) is 5.54. The predicted molar refractivity (Wildman–Crippen MR) is 84.7 cm³/mol. The smallest absolute Gasteiger partial charge is 0.228 e. The topological polar surface area (TPSA) is 52.5 Å². The minimum atomic E-state index is -0.0367. The van der Waals surface area contributed by atoms with Crippen molar-refractivity contribution in [1.29, 1.82) is 0 Å². The van der Waals surface area contributed by atoms with Gasteiger partial charge in [0.1, 0.15) is 13.2 Å². The summed E-state index contributed by atoms with van der Waals surface area (Å²) in [5.74, 6) is 1.36. The number of fused-ring (bicyclic) bond motifs is 1. The molecule has 0 fully saturated rings. The summed E-state index contributed by atoms with van der Waals surface area (Å²) >= 11 is 0. The van der Waals surface area contributed by atoms with Crippen LogP contribution in [0.3, 0.4) is 0 Å². The summed E-state index contributed by atoms with van der Waals surface area (Å²) in [4.78, 5) is 12.2. The van der Waals surface area contributed by atoms with Crippen LogP contribution in [0.1, 0.15) is 17.0 Å². The molecule has 2 heterocycles. The molecular weight excluding hydrogens is 280 g/mol. The van der Waals surface area contributed by atoms with E-state index in [9.17, 15) is 4.79 Å². The Labute approximate surface area is 129 Å². The molecule has 1 aromatic heterocycles. The molecule has 22 heavy (non-hydrogen) atoms. The number of carbonyl (C=O) groups excluding carboxylic acids is 1. The molecule has 1 aromatic carbocycles. The van der Waals surface area contributed by atoms with Crippen molar-refractivity contribution in [3.05, 3.63) is 41.2 Å². The Morgan fingerprint density at radius 3 is 2.59 bits per heavy atom. The summed E-state index contributed by atoms with van der Waals surface area (Å²) in [5.41, 5.74) is 4.05. The molecular formula is C17H20N2O3. The van der Waals surface area contributed by atoms with Gasteiger partial charge < -0.3 is 19.4 Å². The molecule has 0 radical (unpaired) electrons. The Hall–Kier alpha value is -2.43. The molecule has 1 aliphatic heterocycles. The Morgan fingerprint density at radius 1 is 1.18 bits per heavy atom. The summed E-state index contributed by atoms with van der Waals surface area (Å²) in [7, 11) is 2.01. The molecule has 5 nitrogen and oxygen atoms in total. The number of aryl methyl sites for hydroxylation is 1. The van der Waals surface area contributed by atoms with Crippen molar-refractivity contribution in [1.82, 2.24) is 4.57 Å². The number of carbonyl (C=O) groups is 1. The molecule has 0 saturated carbocycles. The van der Waals surface area contributed by atoms with Crippen molar-refractivity contribution in [3.63, 3.8) is 0 Å². The van der Waals surface area contributed by atoms with Gasteiger partial charge in [0.2, 0.25) is 5.91 Å². The fraction of sp³-hybridized carbons (Fsp3) is 0.353. The number of nitrogens with zero attached hydrogens (tertiary/aromatic N) is 1. The van der Waals surface area contributed by atoms with Crippen molar-refractivity contribution < 1.29 is 14.3 Å². The van der Waals surface area contributed by atoms with E-state index in [0.717, 1.165) is 28.4 Å². The SMILES string of the molecule is Cc1cc(CC(=O)Nc2ccc3c(c2)OCCO3)c(C)n1C. The summed E-state index contributed by atoms with van der Waals surface area (Å²) in [6.45, 7) is 5.16. The average molecular weight is 300 g/mol. The summed E-state index contributed by atoms with van der Waals surface area (Å²) < 4.78 is 13.1. The Morgan fingerprint density at radius 2 is 1.91 bits per heavy atom. The van der Waals surface area contributed by atoms with Crippen LogP contribution in [-0.2, 0) is 18.3 Å². The highest BCUT2D eigenvalue weighted by molar-refractivity contribution is 5.92. The lowest BCUT2D eigenvalue weighted by Crippen LogP contribution is -2.17. The number of amides is 1. The van der Waals surface area contributed by atoms with Crippen LogP contribution in [0.25, 0.3) is 0 Å². The van der Waals surface area contributed by atoms with Crippen molar-refractivity contribution in [2.75, 3.05) is 18.5 Å². The number of ether oxygens (including phenoxy) is 2. The fourth-order valence-corrected chi connectivity index (χ4v) is 2.61. The number of hydrogen-bond acceptors (Lipinski definition) is 3. The first-order chi connectivity index (χ1) is 10.5. The van der Waals surface area contributed by atoms with E-state index >= 15 is 0 Å². The second-order valence-corrected chi connectivity index (χ2v) is 5.54. The van der Waals surface area contributed by atoms with E-state index in [1.165, 1.54) is 0 Å². The highest BCUT2D eigenvalue weighted by atomic mass is 16.6. The Bertz CT molecular complexity index is 719. The highest BCUT2D eigenvalue weighted by Gasteiger charge is 2.14. The Kier molecular flexibility index (Phi) is 3.79. The van der Waals surface area contributed by atoms with E-state index in [2.05, 4.69) is 16.0 Å². The number of nitrogens with one attached hydrogen (secondary N) is 1. The van der Waals surface area contributed by atoms with Gasteiger partial charge in [-0.15, -0.1) is 0 Å². The molecule has 0 aliphatic carbocycles. The lowest BCUT2D eigenvalue weighted by atomic mass is 10.1. The first kappa shape index (κ1) is 14.5. The van der Waals surface area contributed by atoms with E-state index in [1.54, 1.807) is 6.07 Å². The standard InChI is InChI=1S/C17H20N2O3/c1-11-8-13(12(2)19(11)3)9-17(20)18-14-4-5-15-16(10-14)22-7-6-21-15/h4-5,8,10H,6-7,9H2,1-3H3,(H,18,20). The summed E-state index contributed by atoms with van der Waals surface area (Å²) in [6, 6.07) is 7.50.